The van der Waals surface area contributed by atoms with Gasteiger partial charge in [0, 0.05) is 18.2 Å². The summed E-state index contributed by atoms with van der Waals surface area (Å²) in [5.41, 5.74) is 4.19. The van der Waals surface area contributed by atoms with Gasteiger partial charge in [-0.1, -0.05) is 13.8 Å². The monoisotopic (exact) mass is 478 g/mol. The molecule has 4 rings (SSSR count). The Balaban J connectivity index is 0.000000196. The fourth-order valence-electron chi connectivity index (χ4n) is 3.89. The van der Waals surface area contributed by atoms with Crippen molar-refractivity contribution in [2.24, 2.45) is 0 Å². The van der Waals surface area contributed by atoms with E-state index in [4.69, 9.17) is 15.3 Å². The van der Waals surface area contributed by atoms with Crippen molar-refractivity contribution in [2.75, 3.05) is 7.11 Å². The SMILES string of the molecule is CCc1c(CO)nc2c(C#N)c(C)[nH]n2c1=O.CCc1c(COC)nc2c(C#N)c(C)[nH]n2c1=O. The van der Waals surface area contributed by atoms with Gasteiger partial charge < -0.3 is 9.84 Å². The fraction of sp³-hybridized carbons (Fsp3) is 0.391. The molecule has 0 saturated heterocycles. The Bertz CT molecular complexity index is 1610. The molecule has 0 aliphatic carbocycles. The number of rotatable bonds is 5. The van der Waals surface area contributed by atoms with Crippen LogP contribution in [0.1, 0.15) is 58.9 Å². The molecule has 0 aromatic carbocycles. The summed E-state index contributed by atoms with van der Waals surface area (Å²) < 4.78 is 7.63. The molecule has 182 valence electrons. The van der Waals surface area contributed by atoms with Gasteiger partial charge in [0.25, 0.3) is 11.1 Å². The van der Waals surface area contributed by atoms with E-state index in [1.165, 1.54) is 9.03 Å². The predicted octanol–water partition coefficient (Wildman–Crippen LogP) is 1.17. The number of aliphatic hydroxyl groups is 1. The molecule has 0 aliphatic heterocycles. The van der Waals surface area contributed by atoms with E-state index in [1.54, 1.807) is 21.0 Å². The number of aliphatic hydroxyl groups excluding tert-OH is 1. The lowest BCUT2D eigenvalue weighted by molar-refractivity contribution is 0.180. The molecule has 4 aromatic rings. The Morgan fingerprint density at radius 2 is 1.31 bits per heavy atom. The summed E-state index contributed by atoms with van der Waals surface area (Å²) in [5.74, 6) is 0. The van der Waals surface area contributed by atoms with Crippen molar-refractivity contribution >= 4 is 11.3 Å². The number of aryl methyl sites for hydroxylation is 2. The summed E-state index contributed by atoms with van der Waals surface area (Å²) >= 11 is 0. The molecule has 4 aromatic heterocycles. The third kappa shape index (κ3) is 4.33. The van der Waals surface area contributed by atoms with Crippen LogP contribution in [0.5, 0.6) is 0 Å². The van der Waals surface area contributed by atoms with Gasteiger partial charge in [-0.2, -0.15) is 19.6 Å². The predicted molar refractivity (Wildman–Crippen MR) is 126 cm³/mol. The molecular weight excluding hydrogens is 452 g/mol. The molecule has 0 bridgehead atoms. The van der Waals surface area contributed by atoms with Crippen LogP contribution in [0.3, 0.4) is 0 Å². The van der Waals surface area contributed by atoms with Gasteiger partial charge in [-0.25, -0.2) is 9.97 Å². The summed E-state index contributed by atoms with van der Waals surface area (Å²) in [5, 5.41) is 33.0. The minimum Gasteiger partial charge on any atom is -0.390 e. The lowest BCUT2D eigenvalue weighted by atomic mass is 10.2. The number of nitrogens with zero attached hydrogens (tertiary/aromatic N) is 6. The number of methoxy groups -OCH3 is 1. The van der Waals surface area contributed by atoms with E-state index in [1.807, 2.05) is 19.9 Å². The van der Waals surface area contributed by atoms with E-state index in [9.17, 15) is 14.7 Å². The number of nitriles is 2. The van der Waals surface area contributed by atoms with Gasteiger partial charge in [0.05, 0.1) is 36.0 Å². The molecule has 0 spiro atoms. The third-order valence-electron chi connectivity index (χ3n) is 5.64. The Morgan fingerprint density at radius 1 is 0.886 bits per heavy atom. The Kier molecular flexibility index (Phi) is 7.49. The molecule has 12 nitrogen and oxygen atoms in total. The van der Waals surface area contributed by atoms with E-state index in [0.29, 0.717) is 63.5 Å². The van der Waals surface area contributed by atoms with Crippen molar-refractivity contribution in [3.63, 3.8) is 0 Å². The number of nitrogens with one attached hydrogen (secondary N) is 2. The molecule has 0 saturated carbocycles. The molecule has 0 radical (unpaired) electrons. The van der Waals surface area contributed by atoms with E-state index in [2.05, 4.69) is 26.2 Å². The summed E-state index contributed by atoms with van der Waals surface area (Å²) in [7, 11) is 1.55. The molecule has 4 heterocycles. The zero-order valence-corrected chi connectivity index (χ0v) is 20.2. The van der Waals surface area contributed by atoms with Crippen molar-refractivity contribution < 1.29 is 9.84 Å². The van der Waals surface area contributed by atoms with Crippen LogP contribution in [-0.4, -0.2) is 41.4 Å². The maximum absolute atomic E-state index is 12.3. The quantitative estimate of drug-likeness (QED) is 0.382. The number of hydrogen-bond donors (Lipinski definition) is 3. The van der Waals surface area contributed by atoms with Crippen LogP contribution >= 0.6 is 0 Å². The zero-order valence-electron chi connectivity index (χ0n) is 20.2. The minimum atomic E-state index is -0.302. The zero-order chi connectivity index (χ0) is 25.9. The Labute approximate surface area is 200 Å². The summed E-state index contributed by atoms with van der Waals surface area (Å²) in [6, 6.07) is 4.06. The molecule has 0 atom stereocenters. The Hall–Kier alpha value is -4.26. The van der Waals surface area contributed by atoms with Crippen LogP contribution in [0.15, 0.2) is 9.59 Å². The number of aromatic nitrogens is 6. The first-order valence-corrected chi connectivity index (χ1v) is 10.9. The highest BCUT2D eigenvalue weighted by Crippen LogP contribution is 2.14. The second-order valence-electron chi connectivity index (χ2n) is 7.75. The maximum atomic E-state index is 12.3. The molecular formula is C23H26N8O4. The van der Waals surface area contributed by atoms with Crippen LogP contribution in [0.25, 0.3) is 11.3 Å². The summed E-state index contributed by atoms with van der Waals surface area (Å²) in [6.45, 7) is 7.13. The first kappa shape index (κ1) is 25.4. The van der Waals surface area contributed by atoms with Gasteiger partial charge in [0.2, 0.25) is 0 Å². The van der Waals surface area contributed by atoms with Crippen molar-refractivity contribution in [3.05, 3.63) is 65.7 Å². The summed E-state index contributed by atoms with van der Waals surface area (Å²) in [4.78, 5) is 32.9. The van der Waals surface area contributed by atoms with Crippen molar-refractivity contribution in [1.82, 2.24) is 29.2 Å². The number of hydrogen-bond acceptors (Lipinski definition) is 8. The van der Waals surface area contributed by atoms with Crippen LogP contribution < -0.4 is 11.1 Å². The van der Waals surface area contributed by atoms with Gasteiger partial charge in [0.1, 0.15) is 23.3 Å². The topological polar surface area (TPSA) is 177 Å². The number of fused-ring (bicyclic) bond motifs is 2. The molecule has 0 fully saturated rings. The van der Waals surface area contributed by atoms with Crippen LogP contribution in [0.4, 0.5) is 0 Å². The number of ether oxygens (including phenoxy) is 1. The molecule has 0 amide bonds. The van der Waals surface area contributed by atoms with E-state index < -0.39 is 0 Å². The fourth-order valence-corrected chi connectivity index (χ4v) is 3.89. The van der Waals surface area contributed by atoms with Crippen LogP contribution in [-0.2, 0) is 30.8 Å². The van der Waals surface area contributed by atoms with E-state index >= 15 is 0 Å². The molecule has 0 aliphatic rings. The van der Waals surface area contributed by atoms with Gasteiger partial charge >= 0.3 is 0 Å². The lowest BCUT2D eigenvalue weighted by Gasteiger charge is -2.05. The first-order chi connectivity index (χ1) is 16.8. The standard InChI is InChI=1S/C12H14N4O2.C11H12N4O2/c1-4-8-10(6-18-3)14-11-9(5-13)7(2)15-16(11)12(8)17;1-3-7-9(5-16)13-10-8(4-12)6(2)14-15(10)11(7)17/h15H,4,6H2,1-3H3;14,16H,3,5H2,1-2H3. The van der Waals surface area contributed by atoms with Gasteiger partial charge in [-0.3, -0.25) is 19.8 Å². The number of aromatic amines is 2. The highest BCUT2D eigenvalue weighted by molar-refractivity contribution is 5.58. The highest BCUT2D eigenvalue weighted by atomic mass is 16.5. The van der Waals surface area contributed by atoms with Crippen LogP contribution in [0.2, 0.25) is 0 Å². The molecule has 35 heavy (non-hydrogen) atoms. The van der Waals surface area contributed by atoms with Gasteiger partial charge in [-0.05, 0) is 26.7 Å². The van der Waals surface area contributed by atoms with Gasteiger partial charge in [-0.15, -0.1) is 0 Å². The van der Waals surface area contributed by atoms with E-state index in [-0.39, 0.29) is 30.0 Å². The van der Waals surface area contributed by atoms with Crippen molar-refractivity contribution in [2.45, 2.75) is 53.8 Å². The summed E-state index contributed by atoms with van der Waals surface area (Å²) in [6.07, 6.45) is 1.07. The first-order valence-electron chi connectivity index (χ1n) is 10.9. The minimum absolute atomic E-state index is 0.167. The number of H-pyrrole nitrogens is 2. The van der Waals surface area contributed by atoms with Crippen molar-refractivity contribution in [1.29, 1.82) is 10.5 Å². The molecule has 0 unspecified atom stereocenters. The smallest absolute Gasteiger partial charge is 0.276 e. The average molecular weight is 479 g/mol. The second-order valence-corrected chi connectivity index (χ2v) is 7.75. The molecule has 3 N–H and O–H groups in total. The van der Waals surface area contributed by atoms with Crippen molar-refractivity contribution in [3.8, 4) is 12.1 Å². The van der Waals surface area contributed by atoms with Crippen LogP contribution in [0, 0.1) is 36.5 Å². The van der Waals surface area contributed by atoms with Gasteiger partial charge in [0.15, 0.2) is 11.3 Å². The van der Waals surface area contributed by atoms with E-state index in [0.717, 1.165) is 0 Å². The third-order valence-corrected chi connectivity index (χ3v) is 5.64. The largest absolute Gasteiger partial charge is 0.390 e. The normalized spacial score (nSPS) is 10.7. The highest BCUT2D eigenvalue weighted by Gasteiger charge is 2.17. The molecule has 12 heteroatoms. The lowest BCUT2D eigenvalue weighted by Crippen LogP contribution is -2.22. The maximum Gasteiger partial charge on any atom is 0.276 e. The average Bonchev–Trinajstić information content (AvgIpc) is 3.34. The second kappa shape index (κ2) is 10.3. The Morgan fingerprint density at radius 3 is 1.69 bits per heavy atom.